The molecule has 20 nitrogen and oxygen atoms in total. The van der Waals surface area contributed by atoms with Gasteiger partial charge >= 0.3 is 0 Å². The Labute approximate surface area is 350 Å². The van der Waals surface area contributed by atoms with E-state index in [2.05, 4.69) is 36.0 Å². The quantitative estimate of drug-likeness (QED) is 0.0620. The van der Waals surface area contributed by atoms with Crippen LogP contribution in [-0.4, -0.2) is 114 Å². The fourth-order valence-corrected chi connectivity index (χ4v) is 7.40. The van der Waals surface area contributed by atoms with Gasteiger partial charge in [0.2, 0.25) is 23.7 Å². The predicted molar refractivity (Wildman–Crippen MR) is 228 cm³/mol. The molecule has 6 aromatic rings. The van der Waals surface area contributed by atoms with Crippen LogP contribution in [0.1, 0.15) is 67.7 Å². The SMILES string of the molecule is CCn1nccc1C(=O)Nc1nc2cc(C(N)=O)cc(OC)c2n1C/C=C/Cn1c(NC(=O)c2cc(C)nn2CC)nc2cc(C(N)=O)cc(OCCCN3CCNCC3)c21. The highest BCUT2D eigenvalue weighted by Crippen LogP contribution is 2.33. The van der Waals surface area contributed by atoms with Gasteiger partial charge in [0.15, 0.2) is 0 Å². The first-order valence-corrected chi connectivity index (χ1v) is 20.1. The van der Waals surface area contributed by atoms with Crippen LogP contribution in [0.4, 0.5) is 11.9 Å². The molecule has 20 heteroatoms. The standard InChI is InChI=1S/C41H50N14O6/c1-5-54-30(10-11-45-54)38(58)48-40-46-28-21-26(36(42)56)23-32(60-4)34(28)52(40)15-7-8-16-53-35-29(47-41(53)49-39(59)31-20-25(3)50-55(31)6-2)22-27(37(43)57)24-33(35)61-19-9-14-51-17-12-44-13-18-51/h7-8,10-11,20-24,44H,5-6,9,12-19H2,1-4H3,(H2,42,56)(H2,43,57)(H,46,48,58)(H,47,49,59)/b8-7+. The maximum Gasteiger partial charge on any atom is 0.276 e. The summed E-state index contributed by atoms with van der Waals surface area (Å²) in [6, 6.07) is 9.54. The number of aryl methyl sites for hydroxylation is 3. The maximum absolute atomic E-state index is 13.8. The number of nitrogens with one attached hydrogen (secondary N) is 3. The fraction of sp³-hybridized carbons (Fsp3) is 0.366. The molecule has 1 saturated heterocycles. The van der Waals surface area contributed by atoms with Crippen molar-refractivity contribution in [2.75, 3.05) is 57.1 Å². The van der Waals surface area contributed by atoms with E-state index in [1.165, 1.54) is 19.2 Å². The Kier molecular flexibility index (Phi) is 12.7. The van der Waals surface area contributed by atoms with Gasteiger partial charge in [0.05, 0.1) is 30.4 Å². The Bertz CT molecular complexity index is 2630. The minimum absolute atomic E-state index is 0.177. The third-order valence-electron chi connectivity index (χ3n) is 10.4. The summed E-state index contributed by atoms with van der Waals surface area (Å²) in [4.78, 5) is 63.9. The van der Waals surface area contributed by atoms with Gasteiger partial charge in [-0.1, -0.05) is 12.2 Å². The molecule has 7 N–H and O–H groups in total. The zero-order valence-corrected chi connectivity index (χ0v) is 34.6. The summed E-state index contributed by atoms with van der Waals surface area (Å²) in [7, 11) is 1.47. The molecule has 0 spiro atoms. The van der Waals surface area contributed by atoms with E-state index in [9.17, 15) is 19.2 Å². The topological polar surface area (TPSA) is 249 Å². The van der Waals surface area contributed by atoms with Crippen molar-refractivity contribution < 1.29 is 28.7 Å². The van der Waals surface area contributed by atoms with Gasteiger partial charge in [-0.25, -0.2) is 9.97 Å². The number of imidazole rings is 2. The van der Waals surface area contributed by atoms with Crippen molar-refractivity contribution in [2.24, 2.45) is 11.5 Å². The van der Waals surface area contributed by atoms with Gasteiger partial charge in [-0.15, -0.1) is 0 Å². The van der Waals surface area contributed by atoms with E-state index in [1.54, 1.807) is 49.0 Å². The van der Waals surface area contributed by atoms with E-state index in [0.29, 0.717) is 70.3 Å². The lowest BCUT2D eigenvalue weighted by Crippen LogP contribution is -2.43. The van der Waals surface area contributed by atoms with Crippen molar-refractivity contribution in [1.82, 2.24) is 48.9 Å². The number of nitrogens with zero attached hydrogens (tertiary/aromatic N) is 9. The van der Waals surface area contributed by atoms with E-state index in [-0.39, 0.29) is 36.1 Å². The molecule has 4 aromatic heterocycles. The Balaban J connectivity index is 1.25. The van der Waals surface area contributed by atoms with Crippen molar-refractivity contribution in [3.63, 3.8) is 0 Å². The normalized spacial score (nSPS) is 13.3. The summed E-state index contributed by atoms with van der Waals surface area (Å²) in [5.41, 5.74) is 15.0. The van der Waals surface area contributed by atoms with Gasteiger partial charge in [-0.05, 0) is 63.6 Å². The minimum atomic E-state index is -0.664. The van der Waals surface area contributed by atoms with Crippen molar-refractivity contribution in [2.45, 2.75) is 53.4 Å². The number of piperazine rings is 1. The van der Waals surface area contributed by atoms with E-state index in [0.717, 1.165) is 39.1 Å². The number of carbonyl (C=O) groups excluding carboxylic acids is 4. The van der Waals surface area contributed by atoms with Crippen molar-refractivity contribution in [3.8, 4) is 11.5 Å². The van der Waals surface area contributed by atoms with E-state index in [1.807, 2.05) is 32.9 Å². The Morgan fingerprint density at radius 1 is 0.803 bits per heavy atom. The van der Waals surface area contributed by atoms with Crippen molar-refractivity contribution >= 4 is 57.6 Å². The molecule has 61 heavy (non-hydrogen) atoms. The lowest BCUT2D eigenvalue weighted by molar-refractivity contribution is 0.0991. The molecule has 7 rings (SSSR count). The van der Waals surface area contributed by atoms with E-state index < -0.39 is 23.6 Å². The van der Waals surface area contributed by atoms with Crippen LogP contribution in [0.25, 0.3) is 22.1 Å². The molecule has 320 valence electrons. The number of anilines is 2. The van der Waals surface area contributed by atoms with Gasteiger partial charge in [-0.2, -0.15) is 10.2 Å². The molecule has 0 unspecified atom stereocenters. The van der Waals surface area contributed by atoms with Crippen LogP contribution >= 0.6 is 0 Å². The van der Waals surface area contributed by atoms with Crippen LogP contribution in [0.5, 0.6) is 11.5 Å². The first-order valence-electron chi connectivity index (χ1n) is 20.1. The number of amides is 4. The fourth-order valence-electron chi connectivity index (χ4n) is 7.40. The highest BCUT2D eigenvalue weighted by atomic mass is 16.5. The Morgan fingerprint density at radius 2 is 1.38 bits per heavy atom. The molecule has 4 amide bonds. The molecule has 1 fully saturated rings. The van der Waals surface area contributed by atoms with Crippen LogP contribution in [0.2, 0.25) is 0 Å². The van der Waals surface area contributed by atoms with Crippen molar-refractivity contribution in [3.05, 3.63) is 83.0 Å². The number of carbonyl (C=O) groups is 4. The number of allylic oxidation sites excluding steroid dienone is 2. The zero-order chi connectivity index (χ0) is 43.2. The zero-order valence-electron chi connectivity index (χ0n) is 34.6. The summed E-state index contributed by atoms with van der Waals surface area (Å²) in [6.45, 7) is 11.9. The van der Waals surface area contributed by atoms with Crippen LogP contribution < -0.4 is 36.9 Å². The summed E-state index contributed by atoms with van der Waals surface area (Å²) in [5.74, 6) is -1.08. The predicted octanol–water partition coefficient (Wildman–Crippen LogP) is 2.77. The number of benzene rings is 2. The molecule has 1 aliphatic heterocycles. The molecule has 0 aliphatic carbocycles. The Morgan fingerprint density at radius 3 is 1.95 bits per heavy atom. The summed E-state index contributed by atoms with van der Waals surface area (Å²) in [5, 5.41) is 17.9. The number of primary amides is 2. The highest BCUT2D eigenvalue weighted by Gasteiger charge is 2.23. The molecular weight excluding hydrogens is 785 g/mol. The average molecular weight is 835 g/mol. The van der Waals surface area contributed by atoms with E-state index >= 15 is 0 Å². The van der Waals surface area contributed by atoms with Gasteiger partial charge in [-0.3, -0.25) is 39.2 Å². The number of hydrogen-bond acceptors (Lipinski definition) is 12. The number of nitrogens with two attached hydrogens (primary N) is 2. The second-order valence-corrected chi connectivity index (χ2v) is 14.4. The number of aromatic nitrogens is 8. The van der Waals surface area contributed by atoms with E-state index in [4.69, 9.17) is 25.9 Å². The van der Waals surface area contributed by atoms with Gasteiger partial charge in [0.25, 0.3) is 11.8 Å². The smallest absolute Gasteiger partial charge is 0.276 e. The number of methoxy groups -OCH3 is 1. The molecule has 2 aromatic carbocycles. The molecule has 0 atom stereocenters. The van der Waals surface area contributed by atoms with Crippen LogP contribution in [-0.2, 0) is 26.2 Å². The van der Waals surface area contributed by atoms with Crippen LogP contribution in [0.3, 0.4) is 0 Å². The molecule has 0 bridgehead atoms. The molecule has 1 aliphatic rings. The van der Waals surface area contributed by atoms with Gasteiger partial charge in [0, 0.05) is 76.2 Å². The summed E-state index contributed by atoms with van der Waals surface area (Å²) < 4.78 is 18.8. The third-order valence-corrected chi connectivity index (χ3v) is 10.4. The number of ether oxygens (including phenoxy) is 2. The summed E-state index contributed by atoms with van der Waals surface area (Å²) >= 11 is 0. The molecule has 0 radical (unpaired) electrons. The van der Waals surface area contributed by atoms with Crippen LogP contribution in [0, 0.1) is 6.92 Å². The Hall–Kier alpha value is -7.06. The third kappa shape index (κ3) is 9.09. The highest BCUT2D eigenvalue weighted by molar-refractivity contribution is 6.05. The number of hydrogen-bond donors (Lipinski definition) is 5. The van der Waals surface area contributed by atoms with Gasteiger partial charge in [0.1, 0.15) is 33.9 Å². The monoisotopic (exact) mass is 834 g/mol. The lowest BCUT2D eigenvalue weighted by Gasteiger charge is -2.27. The number of fused-ring (bicyclic) bond motifs is 2. The average Bonchev–Trinajstić information content (AvgIpc) is 4.05. The summed E-state index contributed by atoms with van der Waals surface area (Å²) in [6.07, 6.45) is 6.00. The first kappa shape index (κ1) is 42.1. The molecule has 0 saturated carbocycles. The largest absolute Gasteiger partial charge is 0.494 e. The second-order valence-electron chi connectivity index (χ2n) is 14.4. The molecular formula is C41H50N14O6. The molecule has 5 heterocycles. The lowest BCUT2D eigenvalue weighted by atomic mass is 10.1. The van der Waals surface area contributed by atoms with Crippen molar-refractivity contribution in [1.29, 1.82) is 0 Å². The first-order chi connectivity index (χ1) is 29.5. The van der Waals surface area contributed by atoms with Gasteiger partial charge < -0.3 is 40.3 Å². The maximum atomic E-state index is 13.8. The number of rotatable bonds is 18. The minimum Gasteiger partial charge on any atom is -0.494 e. The van der Waals surface area contributed by atoms with Crippen LogP contribution in [0.15, 0.2) is 54.7 Å². The second kappa shape index (κ2) is 18.5.